The molecule has 1 aliphatic heterocycles. The van der Waals surface area contributed by atoms with Gasteiger partial charge in [0, 0.05) is 17.3 Å². The first kappa shape index (κ1) is 20.5. The Kier molecular flexibility index (Phi) is 5.59. The minimum absolute atomic E-state index is 0.460. The lowest BCUT2D eigenvalue weighted by atomic mass is 9.94. The Bertz CT molecular complexity index is 1100. The van der Waals surface area contributed by atoms with Crippen LogP contribution in [-0.2, 0) is 0 Å². The van der Waals surface area contributed by atoms with Crippen molar-refractivity contribution in [3.05, 3.63) is 46.8 Å². The van der Waals surface area contributed by atoms with Gasteiger partial charge in [-0.15, -0.1) is 0 Å². The fourth-order valence-electron chi connectivity index (χ4n) is 4.94. The molecule has 0 saturated carbocycles. The quantitative estimate of drug-likeness (QED) is 0.448. The molecule has 0 N–H and O–H groups in total. The number of hydrogen-bond acceptors (Lipinski definition) is 4. The third-order valence-electron chi connectivity index (χ3n) is 6.07. The Labute approximate surface area is 180 Å². The third kappa shape index (κ3) is 3.49. The van der Waals surface area contributed by atoms with Gasteiger partial charge in [0.1, 0.15) is 5.52 Å². The van der Waals surface area contributed by atoms with Gasteiger partial charge >= 0.3 is 0 Å². The Morgan fingerprint density at radius 2 is 1.60 bits per heavy atom. The monoisotopic (exact) mass is 400 g/mol. The van der Waals surface area contributed by atoms with Gasteiger partial charge in [-0.3, -0.25) is 9.97 Å². The second kappa shape index (κ2) is 8.17. The average Bonchev–Trinajstić information content (AvgIpc) is 2.68. The minimum atomic E-state index is 0.460. The third-order valence-corrected chi connectivity index (χ3v) is 6.07. The number of aliphatic imine (C=N–C) groups is 1. The molecule has 0 unspecified atom stereocenters. The summed E-state index contributed by atoms with van der Waals surface area (Å²) in [5.74, 6) is 0. The van der Waals surface area contributed by atoms with Crippen molar-refractivity contribution >= 4 is 28.6 Å². The second-order valence-corrected chi connectivity index (χ2v) is 8.66. The summed E-state index contributed by atoms with van der Waals surface area (Å²) in [6, 6.07) is 7.14. The maximum atomic E-state index is 4.98. The number of hydrogen-bond donors (Lipinski definition) is 0. The number of nitrogens with zero attached hydrogens (tertiary/aromatic N) is 4. The largest absolute Gasteiger partial charge is 0.329 e. The van der Waals surface area contributed by atoms with Crippen molar-refractivity contribution in [2.75, 3.05) is 4.90 Å². The van der Waals surface area contributed by atoms with Crippen LogP contribution in [0.2, 0.25) is 0 Å². The molecule has 3 aromatic rings. The molecule has 3 heterocycles. The van der Waals surface area contributed by atoms with Gasteiger partial charge in [0.2, 0.25) is 0 Å². The number of aryl methyl sites for hydroxylation is 4. The number of benzene rings is 1. The molecular formula is C26H32N4. The average molecular weight is 401 g/mol. The SMILES string of the molecule is CCCC(CCC)N1C=Nc2cnc(-c3c(C)cc(C)cc3C)c3nc(C)cc1c23. The standard InChI is InChI=1S/C26H32N4/c1-7-9-20(10-8-2)30-15-28-21-14-27-25(23-17(4)11-16(3)12-18(23)5)26-24(21)22(30)13-19(6)29-26/h11-15,20H,7-10H2,1-6H3. The van der Waals surface area contributed by atoms with Crippen molar-refractivity contribution in [3.63, 3.8) is 0 Å². The molecule has 156 valence electrons. The van der Waals surface area contributed by atoms with Crippen LogP contribution in [0.25, 0.3) is 22.2 Å². The van der Waals surface area contributed by atoms with Crippen LogP contribution < -0.4 is 4.90 Å². The summed E-state index contributed by atoms with van der Waals surface area (Å²) < 4.78 is 0. The van der Waals surface area contributed by atoms with Crippen LogP contribution in [0.1, 0.15) is 61.9 Å². The molecule has 0 bridgehead atoms. The van der Waals surface area contributed by atoms with Gasteiger partial charge in [0.15, 0.2) is 0 Å². The summed E-state index contributed by atoms with van der Waals surface area (Å²) in [6.07, 6.45) is 8.57. The Balaban J connectivity index is 1.98. The summed E-state index contributed by atoms with van der Waals surface area (Å²) in [7, 11) is 0. The van der Waals surface area contributed by atoms with E-state index in [0.29, 0.717) is 6.04 Å². The van der Waals surface area contributed by atoms with Crippen LogP contribution >= 0.6 is 0 Å². The van der Waals surface area contributed by atoms with E-state index in [2.05, 4.69) is 64.6 Å². The van der Waals surface area contributed by atoms with E-state index >= 15 is 0 Å². The highest BCUT2D eigenvalue weighted by Crippen LogP contribution is 2.42. The topological polar surface area (TPSA) is 41.4 Å². The molecule has 2 aromatic heterocycles. The van der Waals surface area contributed by atoms with E-state index in [-0.39, 0.29) is 0 Å². The van der Waals surface area contributed by atoms with E-state index in [0.717, 1.165) is 40.8 Å². The van der Waals surface area contributed by atoms with E-state index in [1.165, 1.54) is 40.8 Å². The Morgan fingerprint density at radius 3 is 2.23 bits per heavy atom. The van der Waals surface area contributed by atoms with Crippen LogP contribution in [0.4, 0.5) is 11.4 Å². The molecule has 4 heteroatoms. The Morgan fingerprint density at radius 1 is 0.933 bits per heavy atom. The molecular weight excluding hydrogens is 368 g/mol. The van der Waals surface area contributed by atoms with Crippen LogP contribution in [-0.4, -0.2) is 22.3 Å². The highest BCUT2D eigenvalue weighted by atomic mass is 15.2. The Hall–Kier alpha value is -2.75. The van der Waals surface area contributed by atoms with E-state index in [4.69, 9.17) is 15.0 Å². The summed E-state index contributed by atoms with van der Waals surface area (Å²) in [6.45, 7) is 13.1. The molecule has 4 rings (SSSR count). The molecule has 0 saturated heterocycles. The zero-order valence-corrected chi connectivity index (χ0v) is 19.1. The summed E-state index contributed by atoms with van der Waals surface area (Å²) >= 11 is 0. The number of rotatable bonds is 6. The van der Waals surface area contributed by atoms with Crippen LogP contribution in [0.3, 0.4) is 0 Å². The van der Waals surface area contributed by atoms with Gasteiger partial charge < -0.3 is 4.90 Å². The van der Waals surface area contributed by atoms with E-state index in [9.17, 15) is 0 Å². The first-order valence-corrected chi connectivity index (χ1v) is 11.2. The van der Waals surface area contributed by atoms with E-state index in [1.807, 2.05) is 12.5 Å². The zero-order chi connectivity index (χ0) is 21.4. The van der Waals surface area contributed by atoms with Gasteiger partial charge in [-0.25, -0.2) is 4.99 Å². The first-order valence-electron chi connectivity index (χ1n) is 11.2. The molecule has 1 aliphatic rings. The summed E-state index contributed by atoms with van der Waals surface area (Å²) in [5.41, 5.74) is 10.0. The zero-order valence-electron chi connectivity index (χ0n) is 19.1. The normalized spacial score (nSPS) is 13.0. The van der Waals surface area contributed by atoms with Crippen LogP contribution in [0, 0.1) is 27.7 Å². The minimum Gasteiger partial charge on any atom is -0.329 e. The van der Waals surface area contributed by atoms with Gasteiger partial charge in [-0.05, 0) is 57.7 Å². The first-order chi connectivity index (χ1) is 14.4. The number of aromatic nitrogens is 2. The number of anilines is 1. The van der Waals surface area contributed by atoms with Crippen molar-refractivity contribution in [2.24, 2.45) is 4.99 Å². The summed E-state index contributed by atoms with van der Waals surface area (Å²) in [4.78, 5) is 17.0. The molecule has 0 fully saturated rings. The van der Waals surface area contributed by atoms with E-state index in [1.54, 1.807) is 0 Å². The molecule has 4 nitrogen and oxygen atoms in total. The smallest absolute Gasteiger partial charge is 0.101 e. The van der Waals surface area contributed by atoms with Crippen molar-refractivity contribution < 1.29 is 0 Å². The van der Waals surface area contributed by atoms with Crippen molar-refractivity contribution in [2.45, 2.75) is 73.3 Å². The van der Waals surface area contributed by atoms with Crippen molar-refractivity contribution in [1.82, 2.24) is 9.97 Å². The lowest BCUT2D eigenvalue weighted by molar-refractivity contribution is 0.552. The fraction of sp³-hybridized carbons (Fsp3) is 0.423. The molecule has 0 atom stereocenters. The van der Waals surface area contributed by atoms with E-state index < -0.39 is 0 Å². The van der Waals surface area contributed by atoms with Gasteiger partial charge in [-0.1, -0.05) is 44.4 Å². The van der Waals surface area contributed by atoms with Gasteiger partial charge in [-0.2, -0.15) is 0 Å². The molecule has 0 aliphatic carbocycles. The highest BCUT2D eigenvalue weighted by molar-refractivity contribution is 6.11. The molecule has 0 radical (unpaired) electrons. The molecule has 30 heavy (non-hydrogen) atoms. The lowest BCUT2D eigenvalue weighted by Gasteiger charge is -2.33. The molecule has 1 aromatic carbocycles. The predicted molar refractivity (Wildman–Crippen MR) is 128 cm³/mol. The maximum absolute atomic E-state index is 4.98. The van der Waals surface area contributed by atoms with Crippen LogP contribution in [0.15, 0.2) is 29.4 Å². The van der Waals surface area contributed by atoms with Gasteiger partial charge in [0.25, 0.3) is 0 Å². The maximum Gasteiger partial charge on any atom is 0.101 e. The second-order valence-electron chi connectivity index (χ2n) is 8.66. The predicted octanol–water partition coefficient (Wildman–Crippen LogP) is 6.98. The van der Waals surface area contributed by atoms with Crippen LogP contribution in [0.5, 0.6) is 0 Å². The van der Waals surface area contributed by atoms with Crippen molar-refractivity contribution in [3.8, 4) is 11.3 Å². The van der Waals surface area contributed by atoms with Crippen molar-refractivity contribution in [1.29, 1.82) is 0 Å². The number of pyridine rings is 2. The highest BCUT2D eigenvalue weighted by Gasteiger charge is 2.26. The molecule has 0 amide bonds. The van der Waals surface area contributed by atoms with Gasteiger partial charge in [0.05, 0.1) is 35.0 Å². The summed E-state index contributed by atoms with van der Waals surface area (Å²) in [5, 5.41) is 1.13. The fourth-order valence-corrected chi connectivity index (χ4v) is 4.94. The lowest BCUT2D eigenvalue weighted by Crippen LogP contribution is -2.35. The molecule has 0 spiro atoms.